The minimum atomic E-state index is -4.42. The molecule has 0 radical (unpaired) electrons. The highest BCUT2D eigenvalue weighted by atomic mass is 19.4. The van der Waals surface area contributed by atoms with Crippen molar-refractivity contribution in [3.63, 3.8) is 0 Å². The fourth-order valence-corrected chi connectivity index (χ4v) is 0.972. The van der Waals surface area contributed by atoms with Crippen molar-refractivity contribution in [2.75, 3.05) is 6.54 Å². The number of rotatable bonds is 2. The maximum absolute atomic E-state index is 12.2. The van der Waals surface area contributed by atoms with Gasteiger partial charge in [0.05, 0.1) is 0 Å². The molecule has 0 rings (SSSR count). The van der Waals surface area contributed by atoms with Crippen LogP contribution in [0.25, 0.3) is 0 Å². The number of alkyl halides is 3. The number of nitrogens with zero attached hydrogens (tertiary/aromatic N) is 1. The van der Waals surface area contributed by atoms with Crippen molar-refractivity contribution in [3.8, 4) is 0 Å². The van der Waals surface area contributed by atoms with Crippen LogP contribution < -0.4 is 0 Å². The molecule has 0 aromatic heterocycles. The van der Waals surface area contributed by atoms with E-state index in [0.29, 0.717) is 4.90 Å². The molecule has 0 unspecified atom stereocenters. The first-order chi connectivity index (χ1) is 6.92. The molecule has 1 amide bonds. The van der Waals surface area contributed by atoms with Gasteiger partial charge in [0.2, 0.25) is 0 Å². The van der Waals surface area contributed by atoms with Crippen LogP contribution in [0.2, 0.25) is 0 Å². The van der Waals surface area contributed by atoms with Gasteiger partial charge in [-0.05, 0) is 34.6 Å². The first-order valence-electron chi connectivity index (χ1n) is 4.99. The van der Waals surface area contributed by atoms with Crippen LogP contribution in [0.15, 0.2) is 0 Å². The second-order valence-electron chi connectivity index (χ2n) is 4.82. The normalized spacial score (nSPS) is 12.8. The van der Waals surface area contributed by atoms with Crippen molar-refractivity contribution < 1.29 is 22.7 Å². The van der Waals surface area contributed by atoms with Crippen molar-refractivity contribution in [2.24, 2.45) is 0 Å². The molecule has 3 nitrogen and oxygen atoms in total. The number of amides is 1. The van der Waals surface area contributed by atoms with Crippen molar-refractivity contribution in [1.29, 1.82) is 0 Å². The van der Waals surface area contributed by atoms with E-state index in [1.807, 2.05) is 0 Å². The quantitative estimate of drug-likeness (QED) is 0.743. The molecule has 0 atom stereocenters. The summed E-state index contributed by atoms with van der Waals surface area (Å²) in [6.45, 7) is 6.55. The molecule has 0 N–H and O–H groups in total. The van der Waals surface area contributed by atoms with E-state index >= 15 is 0 Å². The first kappa shape index (κ1) is 15.1. The van der Waals surface area contributed by atoms with Crippen molar-refractivity contribution in [3.05, 3.63) is 0 Å². The molecule has 0 spiro atoms. The molecule has 0 aliphatic heterocycles. The Bertz CT molecular complexity index is 243. The maximum atomic E-state index is 12.2. The molecule has 96 valence electrons. The van der Waals surface area contributed by atoms with Crippen molar-refractivity contribution in [1.82, 2.24) is 4.90 Å². The van der Waals surface area contributed by atoms with Crippen molar-refractivity contribution in [2.45, 2.75) is 52.4 Å². The number of carbonyl (C=O) groups excluding carboxylic acids is 1. The van der Waals surface area contributed by atoms with Crippen molar-refractivity contribution >= 4 is 6.09 Å². The van der Waals surface area contributed by atoms with E-state index in [0.717, 1.165) is 0 Å². The number of hydrogen-bond donors (Lipinski definition) is 0. The summed E-state index contributed by atoms with van der Waals surface area (Å²) in [5, 5.41) is 0. The Morgan fingerprint density at radius 1 is 1.25 bits per heavy atom. The van der Waals surface area contributed by atoms with Gasteiger partial charge in [0, 0.05) is 6.04 Å². The molecule has 16 heavy (non-hydrogen) atoms. The SMILES string of the molecule is CC(C)N(CC(F)(F)F)C(=O)OC(C)(C)C. The third-order valence-corrected chi connectivity index (χ3v) is 1.60. The Morgan fingerprint density at radius 3 is 1.94 bits per heavy atom. The topological polar surface area (TPSA) is 29.5 Å². The summed E-state index contributed by atoms with van der Waals surface area (Å²) >= 11 is 0. The summed E-state index contributed by atoms with van der Waals surface area (Å²) in [5.74, 6) is 0. The van der Waals surface area contributed by atoms with Gasteiger partial charge < -0.3 is 4.74 Å². The molecule has 0 saturated carbocycles. The molecule has 0 aliphatic carbocycles. The zero-order valence-electron chi connectivity index (χ0n) is 10.2. The molecular formula is C10H18F3NO2. The van der Waals surface area contributed by atoms with E-state index in [-0.39, 0.29) is 0 Å². The standard InChI is InChI=1S/C10H18F3NO2/c1-7(2)14(6-10(11,12)13)8(15)16-9(3,4)5/h7H,6H2,1-5H3. The number of hydrogen-bond acceptors (Lipinski definition) is 2. The molecule has 0 bridgehead atoms. The lowest BCUT2D eigenvalue weighted by Gasteiger charge is -2.30. The Balaban J connectivity index is 4.62. The van der Waals surface area contributed by atoms with E-state index in [4.69, 9.17) is 4.74 Å². The molecule has 0 aliphatic rings. The molecular weight excluding hydrogens is 223 g/mol. The maximum Gasteiger partial charge on any atom is 0.410 e. The summed E-state index contributed by atoms with van der Waals surface area (Å²) in [5.41, 5.74) is -0.796. The Kier molecular flexibility index (Phi) is 4.64. The zero-order chi connectivity index (χ0) is 13.1. The average molecular weight is 241 g/mol. The molecule has 6 heteroatoms. The minimum Gasteiger partial charge on any atom is -0.444 e. The summed E-state index contributed by atoms with van der Waals surface area (Å²) in [4.78, 5) is 12.1. The first-order valence-corrected chi connectivity index (χ1v) is 4.99. The largest absolute Gasteiger partial charge is 0.444 e. The van der Waals surface area contributed by atoms with Gasteiger partial charge in [-0.1, -0.05) is 0 Å². The number of ether oxygens (including phenoxy) is 1. The molecule has 0 heterocycles. The van der Waals surface area contributed by atoms with Crippen LogP contribution in [0.3, 0.4) is 0 Å². The second kappa shape index (κ2) is 4.93. The fourth-order valence-electron chi connectivity index (χ4n) is 0.972. The van der Waals surface area contributed by atoms with Gasteiger partial charge >= 0.3 is 12.3 Å². The van der Waals surface area contributed by atoms with Gasteiger partial charge in [0.25, 0.3) is 0 Å². The smallest absolute Gasteiger partial charge is 0.410 e. The third-order valence-electron chi connectivity index (χ3n) is 1.60. The number of carbonyl (C=O) groups is 1. The Labute approximate surface area is 93.6 Å². The van der Waals surface area contributed by atoms with Crippen LogP contribution >= 0.6 is 0 Å². The van der Waals surface area contributed by atoms with E-state index in [9.17, 15) is 18.0 Å². The zero-order valence-corrected chi connectivity index (χ0v) is 10.2. The van der Waals surface area contributed by atoms with Gasteiger partial charge in [-0.15, -0.1) is 0 Å². The van der Waals surface area contributed by atoms with Crippen LogP contribution in [-0.2, 0) is 4.74 Å². The average Bonchev–Trinajstić information content (AvgIpc) is 1.94. The van der Waals surface area contributed by atoms with E-state index < -0.39 is 30.5 Å². The van der Waals surface area contributed by atoms with Gasteiger partial charge in [0.15, 0.2) is 0 Å². The molecule has 0 aromatic carbocycles. The summed E-state index contributed by atoms with van der Waals surface area (Å²) in [6.07, 6.45) is -5.36. The fraction of sp³-hybridized carbons (Fsp3) is 0.900. The second-order valence-corrected chi connectivity index (χ2v) is 4.82. The van der Waals surface area contributed by atoms with E-state index in [1.165, 1.54) is 13.8 Å². The highest BCUT2D eigenvalue weighted by Crippen LogP contribution is 2.20. The molecule has 0 aromatic rings. The van der Waals surface area contributed by atoms with E-state index in [1.54, 1.807) is 20.8 Å². The predicted octanol–water partition coefficient (Wildman–Crippen LogP) is 3.19. The number of halogens is 3. The van der Waals surface area contributed by atoms with Gasteiger partial charge in [0.1, 0.15) is 12.1 Å². The van der Waals surface area contributed by atoms with Gasteiger partial charge in [-0.3, -0.25) is 4.90 Å². The Hall–Kier alpha value is -0.940. The van der Waals surface area contributed by atoms with Crippen LogP contribution in [-0.4, -0.2) is 35.4 Å². The van der Waals surface area contributed by atoms with Crippen LogP contribution in [0.4, 0.5) is 18.0 Å². The summed E-state index contributed by atoms with van der Waals surface area (Å²) in [6, 6.07) is -0.559. The van der Waals surface area contributed by atoms with Crippen LogP contribution in [0, 0.1) is 0 Å². The highest BCUT2D eigenvalue weighted by Gasteiger charge is 2.36. The molecule has 0 fully saturated rings. The van der Waals surface area contributed by atoms with Crippen LogP contribution in [0.5, 0.6) is 0 Å². The molecule has 0 saturated heterocycles. The van der Waals surface area contributed by atoms with Crippen LogP contribution in [0.1, 0.15) is 34.6 Å². The summed E-state index contributed by atoms with van der Waals surface area (Å²) in [7, 11) is 0. The summed E-state index contributed by atoms with van der Waals surface area (Å²) < 4.78 is 41.5. The highest BCUT2D eigenvalue weighted by molar-refractivity contribution is 5.68. The lowest BCUT2D eigenvalue weighted by Crippen LogP contribution is -2.45. The monoisotopic (exact) mass is 241 g/mol. The van der Waals surface area contributed by atoms with Gasteiger partial charge in [-0.25, -0.2) is 4.79 Å². The van der Waals surface area contributed by atoms with E-state index in [2.05, 4.69) is 0 Å². The Morgan fingerprint density at radius 2 is 1.69 bits per heavy atom. The third kappa shape index (κ3) is 6.53. The lowest BCUT2D eigenvalue weighted by atomic mass is 10.2. The van der Waals surface area contributed by atoms with Gasteiger partial charge in [-0.2, -0.15) is 13.2 Å². The minimum absolute atomic E-state index is 0.559. The predicted molar refractivity (Wildman–Crippen MR) is 54.1 cm³/mol. The lowest BCUT2D eigenvalue weighted by molar-refractivity contribution is -0.147.